The van der Waals surface area contributed by atoms with Crippen LogP contribution in [0.25, 0.3) is 0 Å². The van der Waals surface area contributed by atoms with Gasteiger partial charge >= 0.3 is 0 Å². The summed E-state index contributed by atoms with van der Waals surface area (Å²) in [4.78, 5) is 0. The van der Waals surface area contributed by atoms with E-state index in [1.807, 2.05) is 0 Å². The van der Waals surface area contributed by atoms with Crippen molar-refractivity contribution in [3.8, 4) is 0 Å². The third kappa shape index (κ3) is 2.33. The van der Waals surface area contributed by atoms with Gasteiger partial charge in [-0.15, -0.1) is 12.0 Å². The lowest BCUT2D eigenvalue weighted by molar-refractivity contribution is 0.232. The summed E-state index contributed by atoms with van der Waals surface area (Å²) in [7, 11) is 0. The molecule has 0 unspecified atom stereocenters. The highest BCUT2D eigenvalue weighted by Crippen LogP contribution is 2.34. The van der Waals surface area contributed by atoms with E-state index in [4.69, 9.17) is 0 Å². The summed E-state index contributed by atoms with van der Waals surface area (Å²) in [6, 6.07) is 0. The maximum atomic E-state index is 9.21. The summed E-state index contributed by atoms with van der Waals surface area (Å²) < 4.78 is 0. The minimum atomic E-state index is 0.308. The second kappa shape index (κ2) is 2.98. The van der Waals surface area contributed by atoms with Gasteiger partial charge in [0.15, 0.2) is 0 Å². The number of aliphatic hydroxyl groups is 1. The lowest BCUT2D eigenvalue weighted by Gasteiger charge is -2.36. The standard InChI is InChI=1S/C10H17O/c1-8(11)9-4-6-10(2,3)7-5-9/h4,6,9,11H,5,7H2,1-3H3/q-1/t9-/m0/s1. The Hall–Kier alpha value is -0.300. The fraction of sp³-hybridized carbons (Fsp3) is 0.700. The van der Waals surface area contributed by atoms with Gasteiger partial charge in [0.1, 0.15) is 0 Å². The molecular formula is C10H17O-. The summed E-state index contributed by atoms with van der Waals surface area (Å²) in [5.41, 5.74) is 0.339. The summed E-state index contributed by atoms with van der Waals surface area (Å²) in [5, 5.41) is 9.21. The first kappa shape index (κ1) is 8.79. The zero-order valence-corrected chi connectivity index (χ0v) is 7.59. The minimum absolute atomic E-state index is 0.308. The SMILES string of the molecule is C[C-](O)[C@H]1C=CC(C)(C)CC1. The van der Waals surface area contributed by atoms with Crippen LogP contribution >= 0.6 is 0 Å². The second-order valence-electron chi connectivity index (χ2n) is 4.13. The van der Waals surface area contributed by atoms with E-state index in [0.717, 1.165) is 6.42 Å². The molecule has 1 aliphatic carbocycles. The first-order chi connectivity index (χ1) is 5.01. The van der Waals surface area contributed by atoms with Crippen LogP contribution in [0.3, 0.4) is 0 Å². The lowest BCUT2D eigenvalue weighted by Crippen LogP contribution is -2.18. The lowest BCUT2D eigenvalue weighted by atomic mass is 9.77. The van der Waals surface area contributed by atoms with Gasteiger partial charge < -0.3 is 5.11 Å². The first-order valence-corrected chi connectivity index (χ1v) is 4.23. The van der Waals surface area contributed by atoms with Crippen molar-refractivity contribution in [3.63, 3.8) is 0 Å². The van der Waals surface area contributed by atoms with Gasteiger partial charge in [-0.25, -0.2) is 0 Å². The van der Waals surface area contributed by atoms with Crippen LogP contribution in [0.2, 0.25) is 0 Å². The van der Waals surface area contributed by atoms with Gasteiger partial charge in [-0.3, -0.25) is 0 Å². The van der Waals surface area contributed by atoms with Crippen LogP contribution < -0.4 is 0 Å². The smallest absolute Gasteiger partial charge is 0.0176 e. The van der Waals surface area contributed by atoms with Gasteiger partial charge in [0, 0.05) is 0 Å². The van der Waals surface area contributed by atoms with Crippen molar-refractivity contribution in [2.45, 2.75) is 33.6 Å². The zero-order valence-electron chi connectivity index (χ0n) is 7.59. The Bertz CT molecular complexity index is 156. The highest BCUT2D eigenvalue weighted by atomic mass is 16.3. The van der Waals surface area contributed by atoms with E-state index >= 15 is 0 Å². The molecule has 0 aliphatic heterocycles. The predicted octanol–water partition coefficient (Wildman–Crippen LogP) is 2.90. The molecule has 0 aromatic rings. The molecule has 0 saturated carbocycles. The Labute approximate surface area is 69.1 Å². The van der Waals surface area contributed by atoms with Gasteiger partial charge in [0.25, 0.3) is 0 Å². The van der Waals surface area contributed by atoms with Crippen LogP contribution in [0.5, 0.6) is 0 Å². The van der Waals surface area contributed by atoms with Crippen LogP contribution in [-0.2, 0) is 0 Å². The van der Waals surface area contributed by atoms with Crippen molar-refractivity contribution in [1.82, 2.24) is 0 Å². The molecule has 11 heavy (non-hydrogen) atoms. The number of allylic oxidation sites excluding steroid dienone is 1. The molecule has 0 spiro atoms. The topological polar surface area (TPSA) is 20.2 Å². The second-order valence-corrected chi connectivity index (χ2v) is 4.13. The monoisotopic (exact) mass is 153 g/mol. The van der Waals surface area contributed by atoms with E-state index in [1.165, 1.54) is 6.42 Å². The quantitative estimate of drug-likeness (QED) is 0.453. The van der Waals surface area contributed by atoms with E-state index in [-0.39, 0.29) is 0 Å². The maximum absolute atomic E-state index is 9.21. The average Bonchev–Trinajstić information content (AvgIpc) is 1.86. The Morgan fingerprint density at radius 1 is 1.55 bits per heavy atom. The molecule has 1 nitrogen and oxygen atoms in total. The molecule has 0 bridgehead atoms. The number of hydrogen-bond donors (Lipinski definition) is 1. The molecule has 64 valence electrons. The van der Waals surface area contributed by atoms with Crippen molar-refractivity contribution < 1.29 is 5.11 Å². The van der Waals surface area contributed by atoms with Gasteiger partial charge in [-0.05, 0) is 11.8 Å². The normalized spacial score (nSPS) is 29.4. The van der Waals surface area contributed by atoms with Gasteiger partial charge in [0.05, 0.1) is 0 Å². The van der Waals surface area contributed by atoms with E-state index in [0.29, 0.717) is 17.4 Å². The maximum Gasteiger partial charge on any atom is -0.0176 e. The summed E-state index contributed by atoms with van der Waals surface area (Å²) in [6.45, 7) is 6.24. The molecule has 0 aromatic heterocycles. The van der Waals surface area contributed by atoms with Crippen molar-refractivity contribution in [2.75, 3.05) is 0 Å². The van der Waals surface area contributed by atoms with Gasteiger partial charge in [0.2, 0.25) is 0 Å². The fourth-order valence-electron chi connectivity index (χ4n) is 1.43. The third-order valence-corrected chi connectivity index (χ3v) is 2.42. The zero-order chi connectivity index (χ0) is 8.48. The molecule has 0 amide bonds. The molecule has 0 aromatic carbocycles. The van der Waals surface area contributed by atoms with Crippen LogP contribution in [0, 0.1) is 17.4 Å². The number of hydrogen-bond acceptors (Lipinski definition) is 1. The van der Waals surface area contributed by atoms with Crippen LogP contribution in [0.15, 0.2) is 12.2 Å². The fourth-order valence-corrected chi connectivity index (χ4v) is 1.43. The van der Waals surface area contributed by atoms with E-state index in [1.54, 1.807) is 6.92 Å². The first-order valence-electron chi connectivity index (χ1n) is 4.23. The molecule has 0 saturated heterocycles. The molecule has 1 heteroatoms. The molecule has 0 fully saturated rings. The summed E-state index contributed by atoms with van der Waals surface area (Å²) in [5.74, 6) is 0.308. The van der Waals surface area contributed by atoms with Crippen LogP contribution in [0.1, 0.15) is 33.6 Å². The van der Waals surface area contributed by atoms with E-state index in [9.17, 15) is 5.11 Å². The van der Waals surface area contributed by atoms with Crippen molar-refractivity contribution in [2.24, 2.45) is 11.3 Å². The average molecular weight is 153 g/mol. The molecule has 0 radical (unpaired) electrons. The van der Waals surface area contributed by atoms with E-state index < -0.39 is 0 Å². The summed E-state index contributed by atoms with van der Waals surface area (Å²) >= 11 is 0. The predicted molar refractivity (Wildman–Crippen MR) is 46.5 cm³/mol. The molecule has 0 heterocycles. The minimum Gasteiger partial charge on any atom is -0.563 e. The van der Waals surface area contributed by atoms with Crippen molar-refractivity contribution >= 4 is 0 Å². The van der Waals surface area contributed by atoms with E-state index in [2.05, 4.69) is 26.0 Å². The molecular weight excluding hydrogens is 136 g/mol. The molecule has 1 rings (SSSR count). The van der Waals surface area contributed by atoms with Gasteiger partial charge in [-0.2, -0.15) is 13.0 Å². The number of rotatable bonds is 1. The Kier molecular flexibility index (Phi) is 2.38. The molecule has 1 atom stereocenters. The Balaban J connectivity index is 2.56. The van der Waals surface area contributed by atoms with Crippen molar-refractivity contribution in [1.29, 1.82) is 0 Å². The Morgan fingerprint density at radius 2 is 2.18 bits per heavy atom. The van der Waals surface area contributed by atoms with Crippen molar-refractivity contribution in [3.05, 3.63) is 18.3 Å². The van der Waals surface area contributed by atoms with Crippen LogP contribution in [-0.4, -0.2) is 5.11 Å². The Morgan fingerprint density at radius 3 is 2.55 bits per heavy atom. The highest BCUT2D eigenvalue weighted by Gasteiger charge is 2.19. The largest absolute Gasteiger partial charge is 0.563 e. The highest BCUT2D eigenvalue weighted by molar-refractivity contribution is 5.07. The summed E-state index contributed by atoms with van der Waals surface area (Å²) in [6.07, 6.45) is 7.15. The molecule has 1 aliphatic rings. The van der Waals surface area contributed by atoms with Gasteiger partial charge in [-0.1, -0.05) is 26.3 Å². The third-order valence-electron chi connectivity index (χ3n) is 2.42. The van der Waals surface area contributed by atoms with Crippen LogP contribution in [0.4, 0.5) is 0 Å². The molecule has 1 N–H and O–H groups in total. The number of aliphatic hydroxyl groups excluding tert-OH is 1.